The topological polar surface area (TPSA) is 0 Å². The third-order valence-corrected chi connectivity index (χ3v) is 3.18. The quantitative estimate of drug-likeness (QED) is 0.670. The maximum absolute atomic E-state index is 13.4. The molecule has 0 atom stereocenters. The fourth-order valence-corrected chi connectivity index (χ4v) is 2.19. The standard InChI is InChI=1S/C11H8ClFS/c12-7-8-3-4-10(13)9(6-8)11-2-1-5-14-11/h1-6H,7H2. The highest BCUT2D eigenvalue weighted by molar-refractivity contribution is 7.13. The molecule has 0 aliphatic heterocycles. The van der Waals surface area contributed by atoms with Crippen molar-refractivity contribution in [2.45, 2.75) is 5.88 Å². The molecule has 72 valence electrons. The van der Waals surface area contributed by atoms with Gasteiger partial charge in [0.15, 0.2) is 0 Å². The van der Waals surface area contributed by atoms with Gasteiger partial charge in [0.25, 0.3) is 0 Å². The van der Waals surface area contributed by atoms with Gasteiger partial charge in [0.2, 0.25) is 0 Å². The van der Waals surface area contributed by atoms with Gasteiger partial charge in [0.1, 0.15) is 5.82 Å². The first-order chi connectivity index (χ1) is 6.81. The molecule has 0 aliphatic carbocycles. The molecule has 2 aromatic rings. The summed E-state index contributed by atoms with van der Waals surface area (Å²) in [4.78, 5) is 0.939. The summed E-state index contributed by atoms with van der Waals surface area (Å²) in [7, 11) is 0. The van der Waals surface area contributed by atoms with Gasteiger partial charge in [0.05, 0.1) is 0 Å². The van der Waals surface area contributed by atoms with Gasteiger partial charge in [-0.3, -0.25) is 0 Å². The number of alkyl halides is 1. The minimum Gasteiger partial charge on any atom is -0.206 e. The Morgan fingerprint density at radius 1 is 1.29 bits per heavy atom. The smallest absolute Gasteiger partial charge is 0.131 e. The summed E-state index contributed by atoms with van der Waals surface area (Å²) >= 11 is 7.22. The van der Waals surface area contributed by atoms with Crippen molar-refractivity contribution < 1.29 is 4.39 Å². The summed E-state index contributed by atoms with van der Waals surface area (Å²) in [5, 5.41) is 1.93. The highest BCUT2D eigenvalue weighted by atomic mass is 35.5. The minimum absolute atomic E-state index is 0.193. The predicted molar refractivity (Wildman–Crippen MR) is 59.3 cm³/mol. The largest absolute Gasteiger partial charge is 0.206 e. The summed E-state index contributed by atoms with van der Waals surface area (Å²) in [6, 6.07) is 8.79. The lowest BCUT2D eigenvalue weighted by Gasteiger charge is -2.02. The van der Waals surface area contributed by atoms with Crippen LogP contribution in [0.2, 0.25) is 0 Å². The van der Waals surface area contributed by atoms with E-state index >= 15 is 0 Å². The molecule has 1 heterocycles. The fourth-order valence-electron chi connectivity index (χ4n) is 1.28. The van der Waals surface area contributed by atoms with Crippen molar-refractivity contribution in [2.75, 3.05) is 0 Å². The van der Waals surface area contributed by atoms with E-state index in [-0.39, 0.29) is 5.82 Å². The summed E-state index contributed by atoms with van der Waals surface area (Å²) in [6.07, 6.45) is 0. The monoisotopic (exact) mass is 226 g/mol. The zero-order valence-electron chi connectivity index (χ0n) is 7.34. The third kappa shape index (κ3) is 1.81. The number of benzene rings is 1. The Bertz CT molecular complexity index is 423. The first-order valence-corrected chi connectivity index (χ1v) is 5.61. The van der Waals surface area contributed by atoms with Crippen LogP contribution in [0.3, 0.4) is 0 Å². The Labute approximate surface area is 91.0 Å². The predicted octanol–water partition coefficient (Wildman–Crippen LogP) is 4.29. The molecule has 0 fully saturated rings. The lowest BCUT2D eigenvalue weighted by molar-refractivity contribution is 0.631. The maximum Gasteiger partial charge on any atom is 0.131 e. The van der Waals surface area contributed by atoms with Gasteiger partial charge >= 0.3 is 0 Å². The SMILES string of the molecule is Fc1ccc(CCl)cc1-c1cccs1. The highest BCUT2D eigenvalue weighted by Gasteiger charge is 2.06. The molecular weight excluding hydrogens is 219 g/mol. The second kappa shape index (κ2) is 4.11. The van der Waals surface area contributed by atoms with E-state index in [1.54, 1.807) is 12.1 Å². The van der Waals surface area contributed by atoms with Crippen LogP contribution < -0.4 is 0 Å². The van der Waals surface area contributed by atoms with E-state index in [2.05, 4.69) is 0 Å². The van der Waals surface area contributed by atoms with Gasteiger partial charge < -0.3 is 0 Å². The van der Waals surface area contributed by atoms with Crippen molar-refractivity contribution in [1.29, 1.82) is 0 Å². The number of halogens is 2. The van der Waals surface area contributed by atoms with Crippen LogP contribution in [-0.4, -0.2) is 0 Å². The van der Waals surface area contributed by atoms with E-state index in [0.717, 1.165) is 10.4 Å². The second-order valence-corrected chi connectivity index (χ2v) is 4.14. The Morgan fingerprint density at radius 3 is 2.79 bits per heavy atom. The van der Waals surface area contributed by atoms with Crippen molar-refractivity contribution in [3.05, 3.63) is 47.1 Å². The van der Waals surface area contributed by atoms with Crippen LogP contribution in [0.25, 0.3) is 10.4 Å². The van der Waals surface area contributed by atoms with Gasteiger partial charge in [-0.05, 0) is 29.1 Å². The van der Waals surface area contributed by atoms with E-state index in [1.165, 1.54) is 17.4 Å². The molecule has 0 saturated carbocycles. The number of thiophene rings is 1. The molecule has 3 heteroatoms. The number of hydrogen-bond donors (Lipinski definition) is 0. The number of hydrogen-bond acceptors (Lipinski definition) is 1. The van der Waals surface area contributed by atoms with E-state index in [9.17, 15) is 4.39 Å². The Kier molecular flexibility index (Phi) is 2.85. The van der Waals surface area contributed by atoms with Gasteiger partial charge in [-0.25, -0.2) is 4.39 Å². The van der Waals surface area contributed by atoms with Crippen molar-refractivity contribution in [3.63, 3.8) is 0 Å². The summed E-state index contributed by atoms with van der Waals surface area (Å²) in [5.74, 6) is 0.222. The molecule has 0 bridgehead atoms. The van der Waals surface area contributed by atoms with E-state index in [0.29, 0.717) is 11.4 Å². The molecular formula is C11H8ClFS. The van der Waals surface area contributed by atoms with Crippen molar-refractivity contribution in [1.82, 2.24) is 0 Å². The van der Waals surface area contributed by atoms with Crippen LogP contribution in [0.15, 0.2) is 35.7 Å². The van der Waals surface area contributed by atoms with Gasteiger partial charge in [-0.2, -0.15) is 0 Å². The molecule has 1 aromatic carbocycles. The molecule has 0 spiro atoms. The van der Waals surface area contributed by atoms with Crippen LogP contribution in [-0.2, 0) is 5.88 Å². The normalized spacial score (nSPS) is 10.4. The Morgan fingerprint density at radius 2 is 2.14 bits per heavy atom. The maximum atomic E-state index is 13.4. The van der Waals surface area contributed by atoms with Crippen molar-refractivity contribution in [2.24, 2.45) is 0 Å². The molecule has 0 nitrogen and oxygen atoms in total. The van der Waals surface area contributed by atoms with Crippen LogP contribution >= 0.6 is 22.9 Å². The molecule has 1 aromatic heterocycles. The first-order valence-electron chi connectivity index (χ1n) is 4.19. The third-order valence-electron chi connectivity index (χ3n) is 1.97. The minimum atomic E-state index is -0.193. The average Bonchev–Trinajstić information content (AvgIpc) is 2.71. The van der Waals surface area contributed by atoms with Crippen molar-refractivity contribution in [3.8, 4) is 10.4 Å². The zero-order valence-corrected chi connectivity index (χ0v) is 8.91. The molecule has 0 unspecified atom stereocenters. The average molecular weight is 227 g/mol. The molecule has 0 saturated heterocycles. The van der Waals surface area contributed by atoms with Gasteiger partial charge in [0, 0.05) is 16.3 Å². The summed E-state index contributed by atoms with van der Waals surface area (Å²) < 4.78 is 13.4. The Balaban J connectivity index is 2.51. The summed E-state index contributed by atoms with van der Waals surface area (Å²) in [6.45, 7) is 0. The van der Waals surface area contributed by atoms with Crippen LogP contribution in [0.4, 0.5) is 4.39 Å². The van der Waals surface area contributed by atoms with Gasteiger partial charge in [-0.15, -0.1) is 22.9 Å². The lowest BCUT2D eigenvalue weighted by atomic mass is 10.1. The molecule has 0 N–H and O–H groups in total. The Hall–Kier alpha value is -0.860. The van der Waals surface area contributed by atoms with E-state index < -0.39 is 0 Å². The van der Waals surface area contributed by atoms with E-state index in [4.69, 9.17) is 11.6 Å². The van der Waals surface area contributed by atoms with Crippen LogP contribution in [0.1, 0.15) is 5.56 Å². The summed E-state index contributed by atoms with van der Waals surface area (Å²) in [5.41, 5.74) is 1.58. The van der Waals surface area contributed by atoms with Gasteiger partial charge in [-0.1, -0.05) is 12.1 Å². The number of rotatable bonds is 2. The highest BCUT2D eigenvalue weighted by Crippen LogP contribution is 2.28. The molecule has 0 aliphatic rings. The lowest BCUT2D eigenvalue weighted by Crippen LogP contribution is -1.84. The molecule has 0 amide bonds. The van der Waals surface area contributed by atoms with Crippen LogP contribution in [0.5, 0.6) is 0 Å². The molecule has 14 heavy (non-hydrogen) atoms. The molecule has 0 radical (unpaired) electrons. The van der Waals surface area contributed by atoms with Crippen molar-refractivity contribution >= 4 is 22.9 Å². The molecule has 2 rings (SSSR count). The second-order valence-electron chi connectivity index (χ2n) is 2.93. The first kappa shape index (κ1) is 9.69. The fraction of sp³-hybridized carbons (Fsp3) is 0.0909. The van der Waals surface area contributed by atoms with Crippen LogP contribution in [0, 0.1) is 5.82 Å². The van der Waals surface area contributed by atoms with E-state index in [1.807, 2.05) is 17.5 Å². The zero-order chi connectivity index (χ0) is 9.97.